The molecule has 2 aromatic carbocycles. The first-order valence-corrected chi connectivity index (χ1v) is 9.28. The Morgan fingerprint density at radius 1 is 1.00 bits per heavy atom. The van der Waals surface area contributed by atoms with Crippen molar-refractivity contribution in [2.24, 2.45) is 0 Å². The molecular weight excluding hydrogens is 429 g/mol. The molecule has 130 valence electrons. The van der Waals surface area contributed by atoms with Gasteiger partial charge < -0.3 is 15.1 Å². The quantitative estimate of drug-likeness (QED) is 0.733. The van der Waals surface area contributed by atoms with E-state index in [0.717, 1.165) is 41.1 Å². The summed E-state index contributed by atoms with van der Waals surface area (Å²) >= 11 is 2.19. The standard InChI is InChI=1S/C19H20IN3O2/c1-14(24)22-9-11-23(12-10-22)18-7-5-17(6-8-18)21-19(25)15-3-2-4-16(20)13-15/h2-8,13H,9-12H2,1H3,(H,21,25). The van der Waals surface area contributed by atoms with Gasteiger partial charge in [-0.05, 0) is 65.1 Å². The molecule has 2 aromatic rings. The average molecular weight is 449 g/mol. The maximum atomic E-state index is 12.3. The fraction of sp³-hybridized carbons (Fsp3) is 0.263. The van der Waals surface area contributed by atoms with E-state index in [-0.39, 0.29) is 11.8 Å². The molecule has 3 rings (SSSR count). The summed E-state index contributed by atoms with van der Waals surface area (Å²) in [6, 6.07) is 15.3. The van der Waals surface area contributed by atoms with Crippen LogP contribution in [0.5, 0.6) is 0 Å². The summed E-state index contributed by atoms with van der Waals surface area (Å²) in [5.74, 6) is 0.0228. The lowest BCUT2D eigenvalue weighted by Gasteiger charge is -2.35. The van der Waals surface area contributed by atoms with E-state index in [0.29, 0.717) is 5.56 Å². The van der Waals surface area contributed by atoms with E-state index in [1.807, 2.05) is 47.4 Å². The minimum atomic E-state index is -0.110. The molecule has 1 aliphatic rings. The van der Waals surface area contributed by atoms with Gasteiger partial charge >= 0.3 is 0 Å². The van der Waals surface area contributed by atoms with Crippen molar-refractivity contribution >= 4 is 45.8 Å². The second-order valence-electron chi connectivity index (χ2n) is 6.00. The van der Waals surface area contributed by atoms with Crippen molar-refractivity contribution in [2.45, 2.75) is 6.92 Å². The molecule has 0 spiro atoms. The van der Waals surface area contributed by atoms with Crippen LogP contribution in [0.15, 0.2) is 48.5 Å². The SMILES string of the molecule is CC(=O)N1CCN(c2ccc(NC(=O)c3cccc(I)c3)cc2)CC1. The van der Waals surface area contributed by atoms with Crippen LogP contribution < -0.4 is 10.2 Å². The highest BCUT2D eigenvalue weighted by Gasteiger charge is 2.18. The van der Waals surface area contributed by atoms with Gasteiger partial charge in [-0.3, -0.25) is 9.59 Å². The highest BCUT2D eigenvalue weighted by atomic mass is 127. The molecular formula is C19H20IN3O2. The third-order valence-electron chi connectivity index (χ3n) is 4.30. The van der Waals surface area contributed by atoms with Gasteiger partial charge in [-0.1, -0.05) is 6.07 Å². The third kappa shape index (κ3) is 4.50. The Hall–Kier alpha value is -2.09. The minimum Gasteiger partial charge on any atom is -0.368 e. The molecule has 1 heterocycles. The molecule has 0 saturated carbocycles. The Bertz CT molecular complexity index is 768. The van der Waals surface area contributed by atoms with Crippen molar-refractivity contribution in [3.8, 4) is 0 Å². The molecule has 0 unspecified atom stereocenters. The normalized spacial score (nSPS) is 14.3. The van der Waals surface area contributed by atoms with Gasteiger partial charge in [0.25, 0.3) is 5.91 Å². The number of amides is 2. The van der Waals surface area contributed by atoms with Gasteiger partial charge in [0.1, 0.15) is 0 Å². The van der Waals surface area contributed by atoms with Gasteiger partial charge in [0, 0.05) is 53.6 Å². The van der Waals surface area contributed by atoms with Crippen LogP contribution in [0.4, 0.5) is 11.4 Å². The van der Waals surface area contributed by atoms with Gasteiger partial charge in [-0.15, -0.1) is 0 Å². The fourth-order valence-electron chi connectivity index (χ4n) is 2.87. The summed E-state index contributed by atoms with van der Waals surface area (Å²) in [5, 5.41) is 2.92. The van der Waals surface area contributed by atoms with E-state index in [9.17, 15) is 9.59 Å². The second kappa shape index (κ2) is 7.86. The largest absolute Gasteiger partial charge is 0.368 e. The summed E-state index contributed by atoms with van der Waals surface area (Å²) in [7, 11) is 0. The molecule has 1 saturated heterocycles. The lowest BCUT2D eigenvalue weighted by Crippen LogP contribution is -2.48. The molecule has 1 N–H and O–H groups in total. The number of nitrogens with one attached hydrogen (secondary N) is 1. The number of hydrogen-bond acceptors (Lipinski definition) is 3. The molecule has 1 aliphatic heterocycles. The predicted octanol–water partition coefficient (Wildman–Crippen LogP) is 3.21. The fourth-order valence-corrected chi connectivity index (χ4v) is 3.41. The smallest absolute Gasteiger partial charge is 0.255 e. The highest BCUT2D eigenvalue weighted by molar-refractivity contribution is 14.1. The zero-order chi connectivity index (χ0) is 17.8. The van der Waals surface area contributed by atoms with Crippen LogP contribution in [-0.2, 0) is 4.79 Å². The van der Waals surface area contributed by atoms with E-state index in [2.05, 4.69) is 32.8 Å². The summed E-state index contributed by atoms with van der Waals surface area (Å²) in [4.78, 5) is 27.8. The van der Waals surface area contributed by atoms with Crippen LogP contribution in [-0.4, -0.2) is 42.9 Å². The van der Waals surface area contributed by atoms with Crippen LogP contribution in [0, 0.1) is 3.57 Å². The maximum Gasteiger partial charge on any atom is 0.255 e. The topological polar surface area (TPSA) is 52.7 Å². The van der Waals surface area contributed by atoms with Crippen molar-refractivity contribution in [3.05, 3.63) is 57.7 Å². The maximum absolute atomic E-state index is 12.3. The Balaban J connectivity index is 1.61. The Morgan fingerprint density at radius 2 is 1.68 bits per heavy atom. The average Bonchev–Trinajstić information content (AvgIpc) is 2.62. The van der Waals surface area contributed by atoms with E-state index < -0.39 is 0 Å². The highest BCUT2D eigenvalue weighted by Crippen LogP contribution is 2.20. The molecule has 6 heteroatoms. The number of hydrogen-bond donors (Lipinski definition) is 1. The van der Waals surface area contributed by atoms with Crippen molar-refractivity contribution in [1.82, 2.24) is 4.90 Å². The van der Waals surface area contributed by atoms with Gasteiger partial charge in [0.05, 0.1) is 0 Å². The van der Waals surface area contributed by atoms with Gasteiger partial charge in [0.15, 0.2) is 0 Å². The van der Waals surface area contributed by atoms with E-state index in [1.165, 1.54) is 0 Å². The summed E-state index contributed by atoms with van der Waals surface area (Å²) < 4.78 is 1.03. The van der Waals surface area contributed by atoms with E-state index in [4.69, 9.17) is 0 Å². The number of rotatable bonds is 3. The number of carbonyl (C=O) groups is 2. The number of piperazine rings is 1. The number of anilines is 2. The molecule has 0 aliphatic carbocycles. The summed E-state index contributed by atoms with van der Waals surface area (Å²) in [5.41, 5.74) is 2.53. The summed E-state index contributed by atoms with van der Waals surface area (Å²) in [6.45, 7) is 4.77. The van der Waals surface area contributed by atoms with Crippen molar-refractivity contribution in [3.63, 3.8) is 0 Å². The van der Waals surface area contributed by atoms with Crippen LogP contribution in [0.2, 0.25) is 0 Å². The van der Waals surface area contributed by atoms with Crippen molar-refractivity contribution in [1.29, 1.82) is 0 Å². The molecule has 5 nitrogen and oxygen atoms in total. The molecule has 0 bridgehead atoms. The molecule has 1 fully saturated rings. The van der Waals surface area contributed by atoms with E-state index >= 15 is 0 Å². The molecule has 25 heavy (non-hydrogen) atoms. The zero-order valence-corrected chi connectivity index (χ0v) is 16.2. The second-order valence-corrected chi connectivity index (χ2v) is 7.25. The lowest BCUT2D eigenvalue weighted by atomic mass is 10.2. The number of halogens is 1. The first-order chi connectivity index (χ1) is 12.0. The number of nitrogens with zero attached hydrogens (tertiary/aromatic N) is 2. The molecule has 0 atom stereocenters. The van der Waals surface area contributed by atoms with Crippen molar-refractivity contribution in [2.75, 3.05) is 36.4 Å². The Morgan fingerprint density at radius 3 is 2.28 bits per heavy atom. The summed E-state index contributed by atoms with van der Waals surface area (Å²) in [6.07, 6.45) is 0. The Kier molecular flexibility index (Phi) is 5.57. The molecule has 2 amide bonds. The van der Waals surface area contributed by atoms with Gasteiger partial charge in [0.2, 0.25) is 5.91 Å². The van der Waals surface area contributed by atoms with Crippen LogP contribution in [0.1, 0.15) is 17.3 Å². The molecule has 0 radical (unpaired) electrons. The molecule has 0 aromatic heterocycles. The third-order valence-corrected chi connectivity index (χ3v) is 4.97. The zero-order valence-electron chi connectivity index (χ0n) is 14.0. The predicted molar refractivity (Wildman–Crippen MR) is 108 cm³/mol. The van der Waals surface area contributed by atoms with Crippen LogP contribution in [0.3, 0.4) is 0 Å². The first-order valence-electron chi connectivity index (χ1n) is 8.20. The number of carbonyl (C=O) groups excluding carboxylic acids is 2. The van der Waals surface area contributed by atoms with E-state index in [1.54, 1.807) is 13.0 Å². The number of benzene rings is 2. The minimum absolute atomic E-state index is 0.110. The Labute approximate surface area is 161 Å². The van der Waals surface area contributed by atoms with Crippen LogP contribution >= 0.6 is 22.6 Å². The monoisotopic (exact) mass is 449 g/mol. The first kappa shape index (κ1) is 17.7. The van der Waals surface area contributed by atoms with Crippen molar-refractivity contribution < 1.29 is 9.59 Å². The van der Waals surface area contributed by atoms with Gasteiger partial charge in [-0.25, -0.2) is 0 Å². The lowest BCUT2D eigenvalue weighted by molar-refractivity contribution is -0.129. The van der Waals surface area contributed by atoms with Crippen LogP contribution in [0.25, 0.3) is 0 Å². The van der Waals surface area contributed by atoms with Gasteiger partial charge in [-0.2, -0.15) is 0 Å².